The van der Waals surface area contributed by atoms with Crippen LogP contribution in [-0.2, 0) is 16.0 Å². The lowest BCUT2D eigenvalue weighted by Crippen LogP contribution is -2.37. The molecule has 3 amide bonds. The van der Waals surface area contributed by atoms with Gasteiger partial charge in [0.25, 0.3) is 5.91 Å². The van der Waals surface area contributed by atoms with Crippen LogP contribution in [0.3, 0.4) is 0 Å². The van der Waals surface area contributed by atoms with Gasteiger partial charge in [0.1, 0.15) is 13.1 Å². The molecule has 0 atom stereocenters. The van der Waals surface area contributed by atoms with E-state index >= 15 is 0 Å². The van der Waals surface area contributed by atoms with E-state index in [2.05, 4.69) is 6.58 Å². The van der Waals surface area contributed by atoms with E-state index in [0.717, 1.165) is 16.9 Å². The van der Waals surface area contributed by atoms with E-state index < -0.39 is 31.2 Å². The molecule has 9 heteroatoms. The molecule has 1 fully saturated rings. The predicted octanol–water partition coefficient (Wildman–Crippen LogP) is 1.96. The zero-order chi connectivity index (χ0) is 19.8. The van der Waals surface area contributed by atoms with Gasteiger partial charge in [0.15, 0.2) is 0 Å². The summed E-state index contributed by atoms with van der Waals surface area (Å²) < 4.78 is 37.5. The zero-order valence-electron chi connectivity index (χ0n) is 14.5. The molecule has 1 aromatic rings. The summed E-state index contributed by atoms with van der Waals surface area (Å²) in [5.74, 6) is -1.48. The van der Waals surface area contributed by atoms with Gasteiger partial charge in [0.05, 0.1) is 6.67 Å². The normalized spacial score (nSPS) is 17.1. The van der Waals surface area contributed by atoms with Crippen LogP contribution in [0.1, 0.15) is 22.3 Å². The Labute approximate surface area is 153 Å². The van der Waals surface area contributed by atoms with Crippen LogP contribution >= 0.6 is 0 Å². The first-order valence-electron chi connectivity index (χ1n) is 8.40. The van der Waals surface area contributed by atoms with Gasteiger partial charge in [-0.1, -0.05) is 6.58 Å². The van der Waals surface area contributed by atoms with Gasteiger partial charge in [-0.25, -0.2) is 0 Å². The Balaban J connectivity index is 1.78. The van der Waals surface area contributed by atoms with Crippen LogP contribution in [-0.4, -0.2) is 60.0 Å². The molecule has 0 aliphatic carbocycles. The summed E-state index contributed by atoms with van der Waals surface area (Å²) in [4.78, 5) is 39.6. The third kappa shape index (κ3) is 3.96. The minimum Gasteiger partial charge on any atom is -0.314 e. The van der Waals surface area contributed by atoms with Crippen molar-refractivity contribution >= 4 is 23.4 Å². The van der Waals surface area contributed by atoms with Gasteiger partial charge in [0, 0.05) is 17.8 Å². The maximum Gasteiger partial charge on any atom is 0.406 e. The fraction of sp³-hybridized carbons (Fsp3) is 0.389. The lowest BCUT2D eigenvalue weighted by molar-refractivity contribution is -0.157. The van der Waals surface area contributed by atoms with Gasteiger partial charge < -0.3 is 14.7 Å². The number of rotatable bonds is 3. The van der Waals surface area contributed by atoms with Crippen LogP contribution in [0.15, 0.2) is 30.9 Å². The molecular formula is C18H18F3N3O3. The molecule has 2 aliphatic rings. The molecule has 0 saturated carbocycles. The Kier molecular flexibility index (Phi) is 4.95. The number of carbonyl (C=O) groups excluding carboxylic acids is 3. The number of nitrogens with zero attached hydrogens (tertiary/aromatic N) is 3. The van der Waals surface area contributed by atoms with E-state index in [9.17, 15) is 27.6 Å². The lowest BCUT2D eigenvalue weighted by Gasteiger charge is -2.29. The molecule has 27 heavy (non-hydrogen) atoms. The number of amides is 3. The van der Waals surface area contributed by atoms with E-state index in [-0.39, 0.29) is 18.0 Å². The zero-order valence-corrected chi connectivity index (χ0v) is 14.5. The Hall–Kier alpha value is -2.84. The Bertz CT molecular complexity index is 807. The summed E-state index contributed by atoms with van der Waals surface area (Å²) >= 11 is 0. The maximum absolute atomic E-state index is 12.6. The molecule has 3 rings (SSSR count). The van der Waals surface area contributed by atoms with Crippen molar-refractivity contribution in [2.75, 3.05) is 31.2 Å². The predicted molar refractivity (Wildman–Crippen MR) is 91.0 cm³/mol. The maximum atomic E-state index is 12.6. The van der Waals surface area contributed by atoms with Crippen LogP contribution in [0, 0.1) is 0 Å². The van der Waals surface area contributed by atoms with Crippen LogP contribution in [0.4, 0.5) is 18.9 Å². The molecule has 144 valence electrons. The standard InChI is InChI=1S/C18H18F3N3O3/c1-2-15(25)24-7-3-4-12-8-13(5-6-14(12)24)17(27)22-9-16(26)23(11-22)10-18(19,20)21/h2,5-6,8H,1,3-4,7,9-11H2. The van der Waals surface area contributed by atoms with Crippen molar-refractivity contribution in [1.29, 1.82) is 0 Å². The molecule has 0 bridgehead atoms. The molecule has 1 saturated heterocycles. The van der Waals surface area contributed by atoms with Crippen LogP contribution in [0.25, 0.3) is 0 Å². The number of hydrogen-bond acceptors (Lipinski definition) is 3. The van der Waals surface area contributed by atoms with E-state index in [4.69, 9.17) is 0 Å². The van der Waals surface area contributed by atoms with Crippen LogP contribution in [0.2, 0.25) is 0 Å². The molecule has 0 unspecified atom stereocenters. The fourth-order valence-corrected chi connectivity index (χ4v) is 3.34. The van der Waals surface area contributed by atoms with Crippen molar-refractivity contribution in [3.63, 3.8) is 0 Å². The van der Waals surface area contributed by atoms with E-state index in [0.29, 0.717) is 23.6 Å². The van der Waals surface area contributed by atoms with Gasteiger partial charge in [-0.2, -0.15) is 13.2 Å². The third-order valence-corrected chi connectivity index (χ3v) is 4.56. The molecule has 0 radical (unpaired) electrons. The first-order chi connectivity index (χ1) is 12.7. The van der Waals surface area contributed by atoms with E-state index in [1.165, 1.54) is 12.1 Å². The van der Waals surface area contributed by atoms with Gasteiger partial charge >= 0.3 is 6.18 Å². The summed E-state index contributed by atoms with van der Waals surface area (Å²) in [6.07, 6.45) is -1.89. The highest BCUT2D eigenvalue weighted by Gasteiger charge is 2.39. The smallest absolute Gasteiger partial charge is 0.314 e. The van der Waals surface area contributed by atoms with Crippen molar-refractivity contribution in [3.8, 4) is 0 Å². The second kappa shape index (κ2) is 7.05. The Morgan fingerprint density at radius 1 is 1.26 bits per heavy atom. The monoisotopic (exact) mass is 381 g/mol. The quantitative estimate of drug-likeness (QED) is 0.752. The lowest BCUT2D eigenvalue weighted by atomic mass is 9.98. The first-order valence-corrected chi connectivity index (χ1v) is 8.40. The van der Waals surface area contributed by atoms with Crippen molar-refractivity contribution in [1.82, 2.24) is 9.80 Å². The van der Waals surface area contributed by atoms with Gasteiger partial charge in [-0.3, -0.25) is 14.4 Å². The molecule has 6 nitrogen and oxygen atoms in total. The number of alkyl halides is 3. The van der Waals surface area contributed by atoms with Crippen molar-refractivity contribution in [2.24, 2.45) is 0 Å². The number of carbonyl (C=O) groups is 3. The summed E-state index contributed by atoms with van der Waals surface area (Å²) in [6, 6.07) is 4.80. The highest BCUT2D eigenvalue weighted by atomic mass is 19.4. The van der Waals surface area contributed by atoms with Gasteiger partial charge in [-0.05, 0) is 42.7 Å². The molecule has 2 heterocycles. The summed E-state index contributed by atoms with van der Waals surface area (Å²) in [7, 11) is 0. The second-order valence-electron chi connectivity index (χ2n) is 6.49. The van der Waals surface area contributed by atoms with Crippen LogP contribution < -0.4 is 4.90 Å². The molecular weight excluding hydrogens is 363 g/mol. The van der Waals surface area contributed by atoms with E-state index in [1.807, 2.05) is 0 Å². The minimum atomic E-state index is -4.51. The second-order valence-corrected chi connectivity index (χ2v) is 6.49. The third-order valence-electron chi connectivity index (χ3n) is 4.56. The van der Waals surface area contributed by atoms with Gasteiger partial charge in [0.2, 0.25) is 11.8 Å². The highest BCUT2D eigenvalue weighted by molar-refractivity contribution is 6.03. The summed E-state index contributed by atoms with van der Waals surface area (Å²) in [5, 5.41) is 0. The molecule has 0 spiro atoms. The largest absolute Gasteiger partial charge is 0.406 e. The molecule has 0 N–H and O–H groups in total. The number of anilines is 1. The number of halogens is 3. The van der Waals surface area contributed by atoms with Crippen molar-refractivity contribution in [2.45, 2.75) is 19.0 Å². The number of aryl methyl sites for hydroxylation is 1. The Morgan fingerprint density at radius 2 is 2.00 bits per heavy atom. The average Bonchev–Trinajstić information content (AvgIpc) is 2.98. The number of benzene rings is 1. The van der Waals surface area contributed by atoms with Crippen LogP contribution in [0.5, 0.6) is 0 Å². The summed E-state index contributed by atoms with van der Waals surface area (Å²) in [5.41, 5.74) is 1.78. The number of hydrogen-bond donors (Lipinski definition) is 0. The SMILES string of the molecule is C=CC(=O)N1CCCc2cc(C(=O)N3CC(=O)N(CC(F)(F)F)C3)ccc21. The fourth-order valence-electron chi connectivity index (χ4n) is 3.34. The van der Waals surface area contributed by atoms with Gasteiger partial charge in [-0.15, -0.1) is 0 Å². The topological polar surface area (TPSA) is 60.9 Å². The Morgan fingerprint density at radius 3 is 2.67 bits per heavy atom. The van der Waals surface area contributed by atoms with Crippen molar-refractivity contribution in [3.05, 3.63) is 42.0 Å². The van der Waals surface area contributed by atoms with E-state index in [1.54, 1.807) is 17.0 Å². The average molecular weight is 381 g/mol. The first kappa shape index (κ1) is 18.9. The summed E-state index contributed by atoms with van der Waals surface area (Å²) in [6.45, 7) is 1.88. The number of fused-ring (bicyclic) bond motifs is 1. The molecule has 1 aromatic carbocycles. The minimum absolute atomic E-state index is 0.233. The highest BCUT2D eigenvalue weighted by Crippen LogP contribution is 2.29. The molecule has 2 aliphatic heterocycles. The van der Waals surface area contributed by atoms with Crippen molar-refractivity contribution < 1.29 is 27.6 Å². The molecule has 0 aromatic heterocycles.